The van der Waals surface area contributed by atoms with E-state index in [1.165, 1.54) is 12.1 Å². The summed E-state index contributed by atoms with van der Waals surface area (Å²) < 4.78 is 78.8. The molecule has 0 spiro atoms. The van der Waals surface area contributed by atoms with Gasteiger partial charge in [0.2, 0.25) is 0 Å². The van der Waals surface area contributed by atoms with Gasteiger partial charge in [-0.05, 0) is 55.6 Å². The van der Waals surface area contributed by atoms with Crippen molar-refractivity contribution in [2.24, 2.45) is 0 Å². The number of alkyl halides is 3. The Morgan fingerprint density at radius 2 is 1.83 bits per heavy atom. The van der Waals surface area contributed by atoms with Crippen molar-refractivity contribution in [1.82, 2.24) is 9.80 Å². The first-order chi connectivity index (χ1) is 16.6. The molecule has 0 saturated carbocycles. The lowest BCUT2D eigenvalue weighted by atomic mass is 10.0. The zero-order chi connectivity index (χ0) is 25.6. The summed E-state index contributed by atoms with van der Waals surface area (Å²) in [5.74, 6) is 4.57. The lowest BCUT2D eigenvalue weighted by Crippen LogP contribution is -2.47. The highest BCUT2D eigenvalue weighted by atomic mass is 19.4. The number of hydrogen-bond donors (Lipinski definition) is 1. The van der Waals surface area contributed by atoms with Gasteiger partial charge in [0, 0.05) is 6.54 Å². The molecule has 0 aliphatic carbocycles. The Bertz CT molecular complexity index is 1030. The smallest absolute Gasteiger partial charge is 0.393 e. The summed E-state index contributed by atoms with van der Waals surface area (Å²) in [6.07, 6.45) is -7.10. The minimum absolute atomic E-state index is 0.177. The van der Waals surface area contributed by atoms with Crippen molar-refractivity contribution in [3.63, 3.8) is 0 Å². The summed E-state index contributed by atoms with van der Waals surface area (Å²) in [7, 11) is 3.78. The second-order valence-corrected chi connectivity index (χ2v) is 8.38. The van der Waals surface area contributed by atoms with Crippen molar-refractivity contribution in [1.29, 1.82) is 0 Å². The number of aliphatic hydroxyl groups is 1. The summed E-state index contributed by atoms with van der Waals surface area (Å²) in [5, 5.41) is 9.90. The summed E-state index contributed by atoms with van der Waals surface area (Å²) in [6.45, 7) is 0.882. The molecule has 0 aromatic heterocycles. The van der Waals surface area contributed by atoms with E-state index in [0.29, 0.717) is 31.3 Å². The molecule has 3 rings (SSSR count). The van der Waals surface area contributed by atoms with Crippen LogP contribution < -0.4 is 0 Å². The molecule has 5 nitrogen and oxygen atoms in total. The Kier molecular flexibility index (Phi) is 9.21. The largest absolute Gasteiger partial charge is 0.416 e. The van der Waals surface area contributed by atoms with Gasteiger partial charge in [0.25, 0.3) is 0 Å². The first-order valence-corrected chi connectivity index (χ1v) is 10.9. The number of nitrogens with zero attached hydrogens (tertiary/aromatic N) is 2. The van der Waals surface area contributed by atoms with E-state index in [1.54, 1.807) is 12.1 Å². The number of ether oxygens (including phenoxy) is 2. The van der Waals surface area contributed by atoms with Crippen LogP contribution >= 0.6 is 0 Å². The molecular formula is C25H27F5N2O3. The average molecular weight is 498 g/mol. The number of hydrogen-bond acceptors (Lipinski definition) is 5. The molecule has 10 heteroatoms. The monoisotopic (exact) mass is 498 g/mol. The minimum atomic E-state index is -4.77. The molecule has 1 fully saturated rings. The number of rotatable bonds is 7. The molecule has 0 bridgehead atoms. The van der Waals surface area contributed by atoms with Gasteiger partial charge in [-0.15, -0.1) is 0 Å². The van der Waals surface area contributed by atoms with Crippen LogP contribution in [0, 0.1) is 23.5 Å². The van der Waals surface area contributed by atoms with Crippen LogP contribution in [0.4, 0.5) is 22.0 Å². The van der Waals surface area contributed by atoms with Crippen LogP contribution in [0.1, 0.15) is 28.8 Å². The SMILES string of the molecule is CN(C)CC#CCN1CCOC(OC(CO)c2cc(F)cc(C(F)(F)F)c2)C1c1ccc(F)cc1. The Labute approximate surface area is 201 Å². The topological polar surface area (TPSA) is 45.2 Å². The molecule has 3 unspecified atom stereocenters. The second-order valence-electron chi connectivity index (χ2n) is 8.38. The zero-order valence-electron chi connectivity index (χ0n) is 19.4. The molecule has 1 heterocycles. The molecule has 0 amide bonds. The van der Waals surface area contributed by atoms with Crippen LogP contribution in [0.5, 0.6) is 0 Å². The van der Waals surface area contributed by atoms with Crippen molar-refractivity contribution in [2.45, 2.75) is 24.6 Å². The van der Waals surface area contributed by atoms with Crippen molar-refractivity contribution in [2.75, 3.05) is 46.9 Å². The van der Waals surface area contributed by atoms with Crippen LogP contribution in [0.2, 0.25) is 0 Å². The fourth-order valence-corrected chi connectivity index (χ4v) is 3.73. The first kappa shape index (κ1) is 27.0. The van der Waals surface area contributed by atoms with E-state index in [2.05, 4.69) is 11.8 Å². The first-order valence-electron chi connectivity index (χ1n) is 10.9. The molecule has 190 valence electrons. The Morgan fingerprint density at radius 3 is 2.46 bits per heavy atom. The van der Waals surface area contributed by atoms with Crippen molar-refractivity contribution in [3.05, 3.63) is 70.8 Å². The number of halogens is 5. The lowest BCUT2D eigenvalue weighted by molar-refractivity contribution is -0.235. The summed E-state index contributed by atoms with van der Waals surface area (Å²) in [6, 6.07) is 7.09. The van der Waals surface area contributed by atoms with Crippen molar-refractivity contribution in [3.8, 4) is 11.8 Å². The highest BCUT2D eigenvalue weighted by Gasteiger charge is 2.37. The van der Waals surface area contributed by atoms with Crippen LogP contribution in [0.25, 0.3) is 0 Å². The minimum Gasteiger partial charge on any atom is -0.393 e. The third kappa shape index (κ3) is 7.46. The van der Waals surface area contributed by atoms with Gasteiger partial charge in [0.1, 0.15) is 17.7 Å². The highest BCUT2D eigenvalue weighted by molar-refractivity contribution is 5.29. The van der Waals surface area contributed by atoms with Crippen molar-refractivity contribution >= 4 is 0 Å². The van der Waals surface area contributed by atoms with E-state index in [4.69, 9.17) is 9.47 Å². The number of morpholine rings is 1. The predicted molar refractivity (Wildman–Crippen MR) is 119 cm³/mol. The standard InChI is InChI=1S/C25H27F5N2O3/c1-31(2)9-3-4-10-32-11-12-34-24(23(32)17-5-7-20(26)8-6-17)35-22(16-33)18-13-19(25(28,29)30)15-21(27)14-18/h5-8,13-15,22-24,33H,9-12,16H2,1-2H3. The van der Waals surface area contributed by atoms with Gasteiger partial charge in [-0.25, -0.2) is 8.78 Å². The Morgan fingerprint density at radius 1 is 1.11 bits per heavy atom. The van der Waals surface area contributed by atoms with E-state index in [1.807, 2.05) is 23.9 Å². The molecule has 2 aromatic carbocycles. The summed E-state index contributed by atoms with van der Waals surface area (Å²) in [4.78, 5) is 3.86. The predicted octanol–water partition coefficient (Wildman–Crippen LogP) is 4.00. The maximum atomic E-state index is 14.0. The number of aliphatic hydroxyl groups excluding tert-OH is 1. The lowest BCUT2D eigenvalue weighted by Gasteiger charge is -2.41. The molecule has 1 aliphatic heterocycles. The van der Waals surface area contributed by atoms with E-state index >= 15 is 0 Å². The fourth-order valence-electron chi connectivity index (χ4n) is 3.73. The summed E-state index contributed by atoms with van der Waals surface area (Å²) in [5.41, 5.74) is -0.728. The normalized spacial score (nSPS) is 19.9. The van der Waals surface area contributed by atoms with Crippen LogP contribution in [0.3, 0.4) is 0 Å². The average Bonchev–Trinajstić information content (AvgIpc) is 2.80. The molecular weight excluding hydrogens is 471 g/mol. The maximum absolute atomic E-state index is 14.0. The van der Waals surface area contributed by atoms with Gasteiger partial charge < -0.3 is 14.6 Å². The van der Waals surface area contributed by atoms with E-state index in [0.717, 1.165) is 12.1 Å². The van der Waals surface area contributed by atoms with E-state index in [-0.39, 0.29) is 12.2 Å². The Hall–Kier alpha value is -2.55. The van der Waals surface area contributed by atoms with Gasteiger partial charge >= 0.3 is 6.18 Å². The molecule has 1 saturated heterocycles. The fraction of sp³-hybridized carbons (Fsp3) is 0.440. The van der Waals surface area contributed by atoms with Gasteiger partial charge in [-0.1, -0.05) is 24.0 Å². The van der Waals surface area contributed by atoms with Crippen LogP contribution in [-0.2, 0) is 15.7 Å². The van der Waals surface area contributed by atoms with Gasteiger partial charge in [-0.2, -0.15) is 13.2 Å². The second kappa shape index (κ2) is 11.9. The quantitative estimate of drug-likeness (QED) is 0.462. The van der Waals surface area contributed by atoms with Crippen LogP contribution in [0.15, 0.2) is 42.5 Å². The number of benzene rings is 2. The van der Waals surface area contributed by atoms with Gasteiger partial charge in [0.05, 0.1) is 37.9 Å². The van der Waals surface area contributed by atoms with Gasteiger partial charge in [-0.3, -0.25) is 9.80 Å². The van der Waals surface area contributed by atoms with Crippen molar-refractivity contribution < 1.29 is 36.5 Å². The molecule has 1 N–H and O–H groups in total. The summed E-state index contributed by atoms with van der Waals surface area (Å²) >= 11 is 0. The zero-order valence-corrected chi connectivity index (χ0v) is 19.4. The van der Waals surface area contributed by atoms with Crippen LogP contribution in [-0.4, -0.2) is 68.1 Å². The third-order valence-corrected chi connectivity index (χ3v) is 5.41. The molecule has 0 radical (unpaired) electrons. The maximum Gasteiger partial charge on any atom is 0.416 e. The highest BCUT2D eigenvalue weighted by Crippen LogP contribution is 2.36. The Balaban J connectivity index is 1.90. The molecule has 1 aliphatic rings. The molecule has 35 heavy (non-hydrogen) atoms. The molecule has 3 atom stereocenters. The third-order valence-electron chi connectivity index (χ3n) is 5.41. The molecule has 2 aromatic rings. The van der Waals surface area contributed by atoms with E-state index < -0.39 is 48.4 Å². The van der Waals surface area contributed by atoms with Gasteiger partial charge in [0.15, 0.2) is 6.29 Å². The van der Waals surface area contributed by atoms with E-state index in [9.17, 15) is 27.1 Å².